The maximum absolute atomic E-state index is 12.4. The van der Waals surface area contributed by atoms with E-state index in [4.69, 9.17) is 0 Å². The van der Waals surface area contributed by atoms with E-state index in [1.807, 2.05) is 13.8 Å². The predicted octanol–water partition coefficient (Wildman–Crippen LogP) is 1.37. The summed E-state index contributed by atoms with van der Waals surface area (Å²) in [5.41, 5.74) is -0.400. The van der Waals surface area contributed by atoms with E-state index in [1.165, 1.54) is 12.8 Å². The van der Waals surface area contributed by atoms with E-state index in [1.54, 1.807) is 0 Å². The molecule has 1 unspecified atom stereocenters. The van der Waals surface area contributed by atoms with Gasteiger partial charge in [0.2, 0.25) is 5.91 Å². The summed E-state index contributed by atoms with van der Waals surface area (Å²) >= 11 is 0. The van der Waals surface area contributed by atoms with Crippen molar-refractivity contribution in [2.75, 3.05) is 26.2 Å². The molecule has 0 bridgehead atoms. The number of unbranched alkanes of at least 4 members (excludes halogenated alkanes) is 1. The third-order valence-electron chi connectivity index (χ3n) is 3.83. The molecule has 1 atom stereocenters. The van der Waals surface area contributed by atoms with Crippen molar-refractivity contribution in [2.24, 2.45) is 0 Å². The molecule has 0 aliphatic carbocycles. The quantitative estimate of drug-likeness (QED) is 0.753. The van der Waals surface area contributed by atoms with Gasteiger partial charge in [0.15, 0.2) is 0 Å². The topological polar surface area (TPSA) is 44.4 Å². The Balaban J connectivity index is 2.47. The molecule has 0 radical (unpaired) electrons. The van der Waals surface area contributed by atoms with Crippen LogP contribution in [-0.4, -0.2) is 48.6 Å². The number of nitrogens with one attached hydrogen (secondary N) is 2. The highest BCUT2D eigenvalue weighted by molar-refractivity contribution is 5.85. The van der Waals surface area contributed by atoms with Crippen LogP contribution in [0, 0.1) is 0 Å². The normalized spacial score (nSPS) is 19.6. The summed E-state index contributed by atoms with van der Waals surface area (Å²) in [7, 11) is 0. The van der Waals surface area contributed by atoms with Crippen molar-refractivity contribution in [1.82, 2.24) is 15.5 Å². The minimum absolute atomic E-state index is 0.160. The zero-order chi connectivity index (χ0) is 13.6. The first kappa shape index (κ1) is 15.4. The number of hydrogen-bond acceptors (Lipinski definition) is 3. The SMILES string of the molecule is CCCCC(C)NC(=O)C(C)(C)N1CCNCC1. The molecule has 4 nitrogen and oxygen atoms in total. The second-order valence-corrected chi connectivity index (χ2v) is 5.81. The number of amides is 1. The molecule has 1 amide bonds. The number of nitrogens with zero attached hydrogens (tertiary/aromatic N) is 1. The Hall–Kier alpha value is -0.610. The fourth-order valence-electron chi connectivity index (χ4n) is 2.35. The van der Waals surface area contributed by atoms with Gasteiger partial charge in [-0.15, -0.1) is 0 Å². The second-order valence-electron chi connectivity index (χ2n) is 5.81. The maximum Gasteiger partial charge on any atom is 0.240 e. The molecule has 1 saturated heterocycles. The molecule has 1 heterocycles. The van der Waals surface area contributed by atoms with Gasteiger partial charge in [0, 0.05) is 32.2 Å². The number of hydrogen-bond donors (Lipinski definition) is 2. The van der Waals surface area contributed by atoms with E-state index in [2.05, 4.69) is 29.4 Å². The Labute approximate surface area is 111 Å². The standard InChI is InChI=1S/C14H29N3O/c1-5-6-7-12(2)16-13(18)14(3,4)17-10-8-15-9-11-17/h12,15H,5-11H2,1-4H3,(H,16,18). The van der Waals surface area contributed by atoms with Crippen molar-refractivity contribution in [3.8, 4) is 0 Å². The van der Waals surface area contributed by atoms with E-state index in [0.29, 0.717) is 0 Å². The Morgan fingerprint density at radius 3 is 2.56 bits per heavy atom. The van der Waals surface area contributed by atoms with Gasteiger partial charge in [-0.3, -0.25) is 9.69 Å². The summed E-state index contributed by atoms with van der Waals surface area (Å²) in [5, 5.41) is 6.47. The summed E-state index contributed by atoms with van der Waals surface area (Å²) < 4.78 is 0. The summed E-state index contributed by atoms with van der Waals surface area (Å²) in [6.45, 7) is 12.2. The monoisotopic (exact) mass is 255 g/mol. The van der Waals surface area contributed by atoms with Gasteiger partial charge in [-0.25, -0.2) is 0 Å². The smallest absolute Gasteiger partial charge is 0.240 e. The summed E-state index contributed by atoms with van der Waals surface area (Å²) in [4.78, 5) is 14.6. The zero-order valence-corrected chi connectivity index (χ0v) is 12.4. The summed E-state index contributed by atoms with van der Waals surface area (Å²) in [5.74, 6) is 0.160. The van der Waals surface area contributed by atoms with E-state index in [0.717, 1.165) is 32.6 Å². The van der Waals surface area contributed by atoms with Crippen LogP contribution in [0.15, 0.2) is 0 Å². The van der Waals surface area contributed by atoms with E-state index in [-0.39, 0.29) is 11.9 Å². The van der Waals surface area contributed by atoms with Crippen molar-refractivity contribution >= 4 is 5.91 Å². The lowest BCUT2D eigenvalue weighted by Gasteiger charge is -2.40. The molecular weight excluding hydrogens is 226 g/mol. The van der Waals surface area contributed by atoms with Crippen LogP contribution in [0.3, 0.4) is 0 Å². The zero-order valence-electron chi connectivity index (χ0n) is 12.4. The summed E-state index contributed by atoms with van der Waals surface area (Å²) in [6, 6.07) is 0.277. The molecule has 1 rings (SSSR count). The average Bonchev–Trinajstić information content (AvgIpc) is 2.37. The van der Waals surface area contributed by atoms with E-state index >= 15 is 0 Å². The van der Waals surface area contributed by atoms with Crippen LogP contribution >= 0.6 is 0 Å². The average molecular weight is 255 g/mol. The highest BCUT2D eigenvalue weighted by atomic mass is 16.2. The molecule has 0 saturated carbocycles. The Bertz CT molecular complexity index is 260. The predicted molar refractivity (Wildman–Crippen MR) is 75.7 cm³/mol. The van der Waals surface area contributed by atoms with Gasteiger partial charge >= 0.3 is 0 Å². The van der Waals surface area contributed by atoms with Crippen LogP contribution in [0.5, 0.6) is 0 Å². The third-order valence-corrected chi connectivity index (χ3v) is 3.83. The van der Waals surface area contributed by atoms with Gasteiger partial charge < -0.3 is 10.6 Å². The van der Waals surface area contributed by atoms with Crippen molar-refractivity contribution in [1.29, 1.82) is 0 Å². The molecular formula is C14H29N3O. The minimum atomic E-state index is -0.400. The summed E-state index contributed by atoms with van der Waals surface area (Å²) in [6.07, 6.45) is 3.43. The molecule has 1 aliphatic rings. The fraction of sp³-hybridized carbons (Fsp3) is 0.929. The van der Waals surface area contributed by atoms with Crippen LogP contribution < -0.4 is 10.6 Å². The largest absolute Gasteiger partial charge is 0.352 e. The number of rotatable bonds is 6. The van der Waals surface area contributed by atoms with E-state index < -0.39 is 5.54 Å². The van der Waals surface area contributed by atoms with Gasteiger partial charge in [-0.2, -0.15) is 0 Å². The van der Waals surface area contributed by atoms with Crippen LogP contribution in [0.25, 0.3) is 0 Å². The maximum atomic E-state index is 12.4. The number of carbonyl (C=O) groups is 1. The van der Waals surface area contributed by atoms with Crippen molar-refractivity contribution in [3.63, 3.8) is 0 Å². The Morgan fingerprint density at radius 2 is 2.00 bits per heavy atom. The van der Waals surface area contributed by atoms with Crippen LogP contribution in [-0.2, 0) is 4.79 Å². The number of carbonyl (C=O) groups excluding carboxylic acids is 1. The molecule has 106 valence electrons. The molecule has 0 aromatic carbocycles. The first-order valence-corrected chi connectivity index (χ1v) is 7.25. The Kier molecular flexibility index (Phi) is 6.09. The molecule has 1 aliphatic heterocycles. The molecule has 18 heavy (non-hydrogen) atoms. The molecule has 4 heteroatoms. The fourth-order valence-corrected chi connectivity index (χ4v) is 2.35. The molecule has 0 spiro atoms. The van der Waals surface area contributed by atoms with Crippen molar-refractivity contribution in [3.05, 3.63) is 0 Å². The first-order valence-electron chi connectivity index (χ1n) is 7.25. The third kappa shape index (κ3) is 4.25. The van der Waals surface area contributed by atoms with Crippen molar-refractivity contribution < 1.29 is 4.79 Å². The highest BCUT2D eigenvalue weighted by Crippen LogP contribution is 2.16. The molecule has 1 fully saturated rings. The van der Waals surface area contributed by atoms with Crippen LogP contribution in [0.4, 0.5) is 0 Å². The highest BCUT2D eigenvalue weighted by Gasteiger charge is 2.35. The number of piperazine rings is 1. The molecule has 0 aromatic heterocycles. The second kappa shape index (κ2) is 7.10. The van der Waals surface area contributed by atoms with Crippen LogP contribution in [0.1, 0.15) is 47.0 Å². The Morgan fingerprint density at radius 1 is 1.39 bits per heavy atom. The van der Waals surface area contributed by atoms with E-state index in [9.17, 15) is 4.79 Å². The van der Waals surface area contributed by atoms with Gasteiger partial charge in [-0.05, 0) is 27.2 Å². The lowest BCUT2D eigenvalue weighted by molar-refractivity contribution is -0.132. The van der Waals surface area contributed by atoms with Crippen LogP contribution in [0.2, 0.25) is 0 Å². The van der Waals surface area contributed by atoms with Gasteiger partial charge in [0.05, 0.1) is 5.54 Å². The van der Waals surface area contributed by atoms with Crippen molar-refractivity contribution in [2.45, 2.75) is 58.5 Å². The van der Waals surface area contributed by atoms with Gasteiger partial charge in [0.25, 0.3) is 0 Å². The molecule has 0 aromatic rings. The molecule has 2 N–H and O–H groups in total. The first-order chi connectivity index (χ1) is 8.48. The lowest BCUT2D eigenvalue weighted by atomic mass is 9.99. The van der Waals surface area contributed by atoms with Gasteiger partial charge in [-0.1, -0.05) is 19.8 Å². The minimum Gasteiger partial charge on any atom is -0.352 e. The lowest BCUT2D eigenvalue weighted by Crippen LogP contribution is -2.60. The van der Waals surface area contributed by atoms with Gasteiger partial charge in [0.1, 0.15) is 0 Å².